The summed E-state index contributed by atoms with van der Waals surface area (Å²) in [6.45, 7) is 0. The lowest BCUT2D eigenvalue weighted by Gasteiger charge is -2.18. The first kappa shape index (κ1) is 27.4. The summed E-state index contributed by atoms with van der Waals surface area (Å²) in [6, 6.07) is 59.0. The summed E-state index contributed by atoms with van der Waals surface area (Å²) in [7, 11) is 0. The monoisotopic (exact) mass is 610 g/mol. The van der Waals surface area contributed by atoms with Crippen molar-refractivity contribution in [2.75, 3.05) is 0 Å². The van der Waals surface area contributed by atoms with E-state index in [0.717, 1.165) is 66.5 Å². The van der Waals surface area contributed by atoms with Gasteiger partial charge in [-0.05, 0) is 65.2 Å². The first-order valence-electron chi connectivity index (χ1n) is 15.9. The van der Waals surface area contributed by atoms with Gasteiger partial charge in [-0.2, -0.15) is 10.5 Å². The van der Waals surface area contributed by atoms with Crippen LogP contribution in [0.2, 0.25) is 0 Å². The SMILES string of the molecule is N#Cc1ccc(-c2ccccc2-c2cccc(-n3c4ccccc4c4ccccc43)c2)c(-n2c3ccccc3c3cccc(C#N)c32)c1. The van der Waals surface area contributed by atoms with Crippen molar-refractivity contribution in [3.63, 3.8) is 0 Å². The van der Waals surface area contributed by atoms with Gasteiger partial charge in [-0.1, -0.05) is 109 Å². The van der Waals surface area contributed by atoms with Gasteiger partial charge in [0, 0.05) is 32.8 Å². The minimum absolute atomic E-state index is 0.556. The largest absolute Gasteiger partial charge is 0.309 e. The van der Waals surface area contributed by atoms with Crippen molar-refractivity contribution < 1.29 is 0 Å². The van der Waals surface area contributed by atoms with Gasteiger partial charge in [-0.3, -0.25) is 0 Å². The summed E-state index contributed by atoms with van der Waals surface area (Å²) in [5, 5.41) is 24.8. The van der Waals surface area contributed by atoms with Crippen LogP contribution in [0.4, 0.5) is 0 Å². The van der Waals surface area contributed by atoms with Crippen LogP contribution in [0.3, 0.4) is 0 Å². The zero-order valence-electron chi connectivity index (χ0n) is 25.8. The highest BCUT2D eigenvalue weighted by Gasteiger charge is 2.20. The Kier molecular flexibility index (Phi) is 6.22. The van der Waals surface area contributed by atoms with Crippen molar-refractivity contribution in [2.24, 2.45) is 0 Å². The summed E-state index contributed by atoms with van der Waals surface area (Å²) < 4.78 is 4.50. The molecule has 9 aromatic rings. The van der Waals surface area contributed by atoms with Crippen LogP contribution in [0.25, 0.3) is 77.2 Å². The topological polar surface area (TPSA) is 57.4 Å². The molecule has 222 valence electrons. The van der Waals surface area contributed by atoms with Crippen LogP contribution >= 0.6 is 0 Å². The summed E-state index contributed by atoms with van der Waals surface area (Å²) in [6.07, 6.45) is 0. The Bertz CT molecular complexity index is 2760. The van der Waals surface area contributed by atoms with E-state index in [9.17, 15) is 10.5 Å². The van der Waals surface area contributed by atoms with Gasteiger partial charge in [0.1, 0.15) is 6.07 Å². The maximum atomic E-state index is 10.2. The molecule has 0 saturated heterocycles. The van der Waals surface area contributed by atoms with Crippen molar-refractivity contribution in [1.29, 1.82) is 10.5 Å². The second-order valence-electron chi connectivity index (χ2n) is 12.0. The predicted octanol–water partition coefficient (Wildman–Crippen LogP) is 11.0. The van der Waals surface area contributed by atoms with Crippen molar-refractivity contribution in [3.8, 4) is 45.8 Å². The first-order valence-corrected chi connectivity index (χ1v) is 15.9. The Balaban J connectivity index is 1.30. The van der Waals surface area contributed by atoms with Crippen LogP contribution in [-0.2, 0) is 0 Å². The van der Waals surface area contributed by atoms with Crippen molar-refractivity contribution in [3.05, 3.63) is 169 Å². The highest BCUT2D eigenvalue weighted by molar-refractivity contribution is 6.12. The summed E-state index contributed by atoms with van der Waals surface area (Å²) in [4.78, 5) is 0. The van der Waals surface area contributed by atoms with Crippen LogP contribution in [0.15, 0.2) is 158 Å². The zero-order chi connectivity index (χ0) is 32.2. The fraction of sp³-hybridized carbons (Fsp3) is 0. The molecule has 0 aliphatic carbocycles. The maximum absolute atomic E-state index is 10.2. The Hall–Kier alpha value is -6.88. The number of nitrogens with zero attached hydrogens (tertiary/aromatic N) is 4. The van der Waals surface area contributed by atoms with Crippen molar-refractivity contribution in [2.45, 2.75) is 0 Å². The molecule has 0 N–H and O–H groups in total. The second kappa shape index (κ2) is 10.9. The van der Waals surface area contributed by atoms with Crippen LogP contribution in [0.5, 0.6) is 0 Å². The minimum atomic E-state index is 0.556. The van der Waals surface area contributed by atoms with E-state index in [4.69, 9.17) is 0 Å². The van der Waals surface area contributed by atoms with E-state index in [1.807, 2.05) is 42.5 Å². The molecule has 48 heavy (non-hydrogen) atoms. The molecule has 4 nitrogen and oxygen atoms in total. The molecule has 0 unspecified atom stereocenters. The molecule has 0 saturated carbocycles. The maximum Gasteiger partial charge on any atom is 0.101 e. The van der Waals surface area contributed by atoms with Gasteiger partial charge in [0.25, 0.3) is 0 Å². The zero-order valence-corrected chi connectivity index (χ0v) is 25.8. The number of hydrogen-bond acceptors (Lipinski definition) is 2. The number of aromatic nitrogens is 2. The average Bonchev–Trinajstić information content (AvgIpc) is 3.68. The number of fused-ring (bicyclic) bond motifs is 6. The number of benzene rings is 7. The van der Waals surface area contributed by atoms with Gasteiger partial charge >= 0.3 is 0 Å². The quantitative estimate of drug-likeness (QED) is 0.199. The molecule has 7 aromatic carbocycles. The van der Waals surface area contributed by atoms with E-state index >= 15 is 0 Å². The van der Waals surface area contributed by atoms with Gasteiger partial charge in [-0.25, -0.2) is 0 Å². The minimum Gasteiger partial charge on any atom is -0.309 e. The standard InChI is InChI=1S/C44H26N4/c45-27-29-23-24-38(43(25-29)48-42-22-8-5-18-37(42)39-19-10-12-31(28-46)44(39)48)34-15-2-1-14-33(34)30-11-9-13-32(26-30)47-40-20-6-3-16-35(40)36-17-4-7-21-41(36)47/h1-26H. The smallest absolute Gasteiger partial charge is 0.101 e. The molecule has 0 spiro atoms. The van der Waals surface area contributed by atoms with Gasteiger partial charge in [0.2, 0.25) is 0 Å². The highest BCUT2D eigenvalue weighted by atomic mass is 15.0. The van der Waals surface area contributed by atoms with Crippen LogP contribution < -0.4 is 0 Å². The van der Waals surface area contributed by atoms with E-state index in [-0.39, 0.29) is 0 Å². The Morgan fingerprint density at radius 2 is 1.00 bits per heavy atom. The lowest BCUT2D eigenvalue weighted by molar-refractivity contribution is 1.17. The molecule has 0 fully saturated rings. The fourth-order valence-electron chi connectivity index (χ4n) is 7.36. The van der Waals surface area contributed by atoms with Gasteiger partial charge in [0.05, 0.1) is 45.0 Å². The molecule has 0 radical (unpaired) electrons. The number of hydrogen-bond donors (Lipinski definition) is 0. The lowest BCUT2D eigenvalue weighted by atomic mass is 9.92. The molecule has 2 heterocycles. The lowest BCUT2D eigenvalue weighted by Crippen LogP contribution is -2.00. The molecular formula is C44H26N4. The van der Waals surface area contributed by atoms with E-state index in [1.165, 1.54) is 10.8 Å². The van der Waals surface area contributed by atoms with Gasteiger partial charge in [-0.15, -0.1) is 0 Å². The molecule has 0 aliphatic heterocycles. The Morgan fingerprint density at radius 3 is 1.69 bits per heavy atom. The third-order valence-electron chi connectivity index (χ3n) is 9.40. The molecular weight excluding hydrogens is 585 g/mol. The number of nitriles is 2. The summed E-state index contributed by atoms with van der Waals surface area (Å²) in [5.41, 5.74) is 11.4. The van der Waals surface area contributed by atoms with E-state index in [1.54, 1.807) is 0 Å². The van der Waals surface area contributed by atoms with E-state index < -0.39 is 0 Å². The van der Waals surface area contributed by atoms with Crippen molar-refractivity contribution >= 4 is 43.6 Å². The molecule has 2 aromatic heterocycles. The third-order valence-corrected chi connectivity index (χ3v) is 9.40. The Morgan fingerprint density at radius 1 is 0.417 bits per heavy atom. The van der Waals surface area contributed by atoms with Crippen LogP contribution in [0.1, 0.15) is 11.1 Å². The highest BCUT2D eigenvalue weighted by Crippen LogP contribution is 2.41. The second-order valence-corrected chi connectivity index (χ2v) is 12.0. The summed E-state index contributed by atoms with van der Waals surface area (Å²) >= 11 is 0. The average molecular weight is 611 g/mol. The van der Waals surface area contributed by atoms with Gasteiger partial charge < -0.3 is 9.13 Å². The predicted molar refractivity (Wildman–Crippen MR) is 195 cm³/mol. The molecule has 4 heteroatoms. The van der Waals surface area contributed by atoms with E-state index in [2.05, 4.69) is 137 Å². The molecule has 0 amide bonds. The Labute approximate surface area is 277 Å². The van der Waals surface area contributed by atoms with E-state index in [0.29, 0.717) is 11.1 Å². The number of para-hydroxylation sites is 4. The molecule has 0 atom stereocenters. The summed E-state index contributed by atoms with van der Waals surface area (Å²) in [5.74, 6) is 0. The normalized spacial score (nSPS) is 11.3. The molecule has 0 bridgehead atoms. The van der Waals surface area contributed by atoms with Crippen LogP contribution in [0, 0.1) is 22.7 Å². The van der Waals surface area contributed by atoms with Crippen molar-refractivity contribution in [1.82, 2.24) is 9.13 Å². The van der Waals surface area contributed by atoms with Gasteiger partial charge in [0.15, 0.2) is 0 Å². The first-order chi connectivity index (χ1) is 23.7. The molecule has 9 rings (SSSR count). The van der Waals surface area contributed by atoms with Crippen LogP contribution in [-0.4, -0.2) is 9.13 Å². The fourth-order valence-corrected chi connectivity index (χ4v) is 7.36. The molecule has 0 aliphatic rings. The third kappa shape index (κ3) is 4.07. The number of rotatable bonds is 4.